The Morgan fingerprint density at radius 2 is 2.00 bits per heavy atom. The number of carbonyl (C=O) groups is 1. The molecule has 0 spiro atoms. The molecule has 12 nitrogen and oxygen atoms in total. The zero-order chi connectivity index (χ0) is 21.8. The highest BCUT2D eigenvalue weighted by atomic mass is 16.6. The third kappa shape index (κ3) is 3.92. The number of hydrazone groups is 1. The molecular formula is C18H17N7O5. The Morgan fingerprint density at radius 3 is 2.73 bits per heavy atom. The third-order valence-electron chi connectivity index (χ3n) is 4.29. The number of carbonyl (C=O) groups excluding carboxylic acids is 1. The van der Waals surface area contributed by atoms with Crippen molar-refractivity contribution >= 4 is 35.0 Å². The number of nitrogens with one attached hydrogen (secondary N) is 1. The first-order chi connectivity index (χ1) is 14.3. The fraction of sp³-hybridized carbons (Fsp3) is 0.167. The Bertz CT molecular complexity index is 1310. The number of aryl methyl sites for hydroxylation is 1. The summed E-state index contributed by atoms with van der Waals surface area (Å²) in [6.45, 7) is -0.241. The fourth-order valence-electron chi connectivity index (χ4n) is 2.80. The highest BCUT2D eigenvalue weighted by molar-refractivity contribution is 5.83. The van der Waals surface area contributed by atoms with Crippen molar-refractivity contribution in [3.8, 4) is 0 Å². The number of hydrogen-bond donors (Lipinski definition) is 1. The van der Waals surface area contributed by atoms with Gasteiger partial charge in [-0.3, -0.25) is 28.8 Å². The summed E-state index contributed by atoms with van der Waals surface area (Å²) in [5, 5.41) is 14.7. The molecule has 1 aromatic carbocycles. The average molecular weight is 411 g/mol. The number of allylic oxidation sites excluding steroid dienone is 1. The van der Waals surface area contributed by atoms with E-state index < -0.39 is 22.1 Å². The van der Waals surface area contributed by atoms with Gasteiger partial charge in [0.25, 0.3) is 17.2 Å². The Labute approximate surface area is 168 Å². The lowest BCUT2D eigenvalue weighted by molar-refractivity contribution is -0.385. The van der Waals surface area contributed by atoms with Crippen LogP contribution in [0, 0.1) is 10.1 Å². The molecule has 0 fully saturated rings. The number of hydrogen-bond acceptors (Lipinski definition) is 7. The van der Waals surface area contributed by atoms with Crippen LogP contribution in [0.15, 0.2) is 51.4 Å². The van der Waals surface area contributed by atoms with Gasteiger partial charge < -0.3 is 4.57 Å². The van der Waals surface area contributed by atoms with Gasteiger partial charge in [-0.15, -0.1) is 0 Å². The van der Waals surface area contributed by atoms with E-state index in [4.69, 9.17) is 0 Å². The molecule has 30 heavy (non-hydrogen) atoms. The number of aromatic nitrogens is 4. The second-order valence-electron chi connectivity index (χ2n) is 6.24. The number of benzene rings is 1. The van der Waals surface area contributed by atoms with Crippen LogP contribution in [0.5, 0.6) is 0 Å². The second-order valence-corrected chi connectivity index (χ2v) is 6.24. The van der Waals surface area contributed by atoms with Gasteiger partial charge in [0.15, 0.2) is 11.2 Å². The van der Waals surface area contributed by atoms with Crippen LogP contribution < -0.4 is 16.7 Å². The zero-order valence-corrected chi connectivity index (χ0v) is 16.1. The molecule has 0 radical (unpaired) electrons. The minimum Gasteiger partial charge on any atom is -0.315 e. The fourth-order valence-corrected chi connectivity index (χ4v) is 2.80. The summed E-state index contributed by atoms with van der Waals surface area (Å²) in [6, 6.07) is 6.20. The quantitative estimate of drug-likeness (QED) is 0.347. The van der Waals surface area contributed by atoms with E-state index in [9.17, 15) is 24.5 Å². The Morgan fingerprint density at radius 1 is 1.27 bits per heavy atom. The number of rotatable bonds is 6. The number of nitro benzene ring substituents is 1. The van der Waals surface area contributed by atoms with E-state index in [2.05, 4.69) is 15.5 Å². The first-order valence-corrected chi connectivity index (χ1v) is 8.64. The molecular weight excluding hydrogens is 394 g/mol. The number of para-hydroxylation sites is 1. The lowest BCUT2D eigenvalue weighted by Crippen LogP contribution is -2.38. The molecule has 0 unspecified atom stereocenters. The van der Waals surface area contributed by atoms with Crippen molar-refractivity contribution in [1.82, 2.24) is 24.1 Å². The molecule has 0 aliphatic heterocycles. The smallest absolute Gasteiger partial charge is 0.315 e. The lowest BCUT2D eigenvalue weighted by Gasteiger charge is -2.05. The number of imidazole rings is 1. The van der Waals surface area contributed by atoms with E-state index in [0.717, 1.165) is 4.57 Å². The van der Waals surface area contributed by atoms with Gasteiger partial charge in [0.2, 0.25) is 0 Å². The molecule has 1 N–H and O–H groups in total. The van der Waals surface area contributed by atoms with Gasteiger partial charge in [0, 0.05) is 26.4 Å². The highest BCUT2D eigenvalue weighted by Gasteiger charge is 2.15. The summed E-state index contributed by atoms with van der Waals surface area (Å²) >= 11 is 0. The molecule has 0 bridgehead atoms. The maximum atomic E-state index is 12.3. The summed E-state index contributed by atoms with van der Waals surface area (Å²) in [5.41, 5.74) is 1.85. The molecule has 1 amide bonds. The first-order valence-electron chi connectivity index (χ1n) is 8.64. The molecule has 2 heterocycles. The Hall–Kier alpha value is -4.35. The predicted octanol–water partition coefficient (Wildman–Crippen LogP) is 0.157. The first kappa shape index (κ1) is 20.4. The molecule has 3 rings (SSSR count). The van der Waals surface area contributed by atoms with Gasteiger partial charge in [-0.2, -0.15) is 5.10 Å². The van der Waals surface area contributed by atoms with Crippen LogP contribution in [0.2, 0.25) is 0 Å². The maximum absolute atomic E-state index is 12.3. The zero-order valence-electron chi connectivity index (χ0n) is 16.1. The minimum atomic E-state index is -0.561. The van der Waals surface area contributed by atoms with Gasteiger partial charge >= 0.3 is 5.69 Å². The molecule has 0 aliphatic carbocycles. The molecule has 12 heteroatoms. The number of nitro groups is 1. The van der Waals surface area contributed by atoms with Crippen molar-refractivity contribution in [1.29, 1.82) is 0 Å². The van der Waals surface area contributed by atoms with Crippen LogP contribution in [0.25, 0.3) is 17.2 Å². The van der Waals surface area contributed by atoms with Crippen molar-refractivity contribution in [2.24, 2.45) is 19.2 Å². The molecule has 2 aromatic heterocycles. The van der Waals surface area contributed by atoms with Gasteiger partial charge in [0.05, 0.1) is 16.8 Å². The van der Waals surface area contributed by atoms with Gasteiger partial charge in [-0.1, -0.05) is 12.1 Å². The second kappa shape index (κ2) is 8.34. The Balaban J connectivity index is 1.69. The van der Waals surface area contributed by atoms with Gasteiger partial charge in [0.1, 0.15) is 6.54 Å². The van der Waals surface area contributed by atoms with E-state index in [-0.39, 0.29) is 23.4 Å². The molecule has 0 aliphatic rings. The van der Waals surface area contributed by atoms with Crippen LogP contribution in [0.3, 0.4) is 0 Å². The highest BCUT2D eigenvalue weighted by Crippen LogP contribution is 2.18. The SMILES string of the molecule is Cn1c(=O)c2c(ncn2CC(=O)N/N=C\C=C\c2ccccc2[N+](=O)[O-])n(C)c1=O. The Kier molecular flexibility index (Phi) is 5.67. The van der Waals surface area contributed by atoms with E-state index in [1.807, 2.05) is 0 Å². The minimum absolute atomic E-state index is 0.0471. The summed E-state index contributed by atoms with van der Waals surface area (Å²) in [5.74, 6) is -0.527. The van der Waals surface area contributed by atoms with Crippen LogP contribution >= 0.6 is 0 Å². The largest absolute Gasteiger partial charge is 0.332 e. The van der Waals surface area contributed by atoms with Gasteiger partial charge in [-0.25, -0.2) is 15.2 Å². The van der Waals surface area contributed by atoms with Crippen molar-refractivity contribution < 1.29 is 9.72 Å². The average Bonchev–Trinajstić information content (AvgIpc) is 3.14. The van der Waals surface area contributed by atoms with E-state index >= 15 is 0 Å². The van der Waals surface area contributed by atoms with Crippen molar-refractivity contribution in [2.75, 3.05) is 0 Å². The number of nitrogens with zero attached hydrogens (tertiary/aromatic N) is 6. The monoisotopic (exact) mass is 411 g/mol. The number of amides is 1. The maximum Gasteiger partial charge on any atom is 0.332 e. The molecule has 3 aromatic rings. The number of fused-ring (bicyclic) bond motifs is 1. The van der Waals surface area contributed by atoms with Crippen LogP contribution in [0.4, 0.5) is 5.69 Å². The van der Waals surface area contributed by atoms with Gasteiger partial charge in [-0.05, 0) is 18.2 Å². The molecule has 0 saturated carbocycles. The summed E-state index contributed by atoms with van der Waals surface area (Å²) in [6.07, 6.45) is 5.49. The van der Waals surface area contributed by atoms with E-state index in [1.165, 1.54) is 54.0 Å². The summed E-state index contributed by atoms with van der Waals surface area (Å²) in [4.78, 5) is 50.9. The van der Waals surface area contributed by atoms with Crippen molar-refractivity contribution in [3.63, 3.8) is 0 Å². The standard InChI is InChI=1S/C18H17N7O5/c1-22-16-15(17(27)23(2)18(22)28)24(11-19-16)10-14(26)21-20-9-5-7-12-6-3-4-8-13(12)25(29)30/h3-9,11H,10H2,1-2H3,(H,21,26)/b7-5+,20-9-. The molecule has 0 saturated heterocycles. The van der Waals surface area contributed by atoms with Crippen molar-refractivity contribution in [3.05, 3.63) is 73.2 Å². The lowest BCUT2D eigenvalue weighted by atomic mass is 10.2. The topological polar surface area (TPSA) is 146 Å². The third-order valence-corrected chi connectivity index (χ3v) is 4.29. The normalized spacial score (nSPS) is 11.5. The van der Waals surface area contributed by atoms with Crippen LogP contribution in [0.1, 0.15) is 5.56 Å². The molecule has 0 atom stereocenters. The van der Waals surface area contributed by atoms with Crippen LogP contribution in [-0.2, 0) is 25.4 Å². The van der Waals surface area contributed by atoms with Crippen LogP contribution in [-0.4, -0.2) is 35.7 Å². The predicted molar refractivity (Wildman–Crippen MR) is 109 cm³/mol. The van der Waals surface area contributed by atoms with E-state index in [0.29, 0.717) is 5.56 Å². The summed E-state index contributed by atoms with van der Waals surface area (Å²) < 4.78 is 3.48. The van der Waals surface area contributed by atoms with Crippen molar-refractivity contribution in [2.45, 2.75) is 6.54 Å². The summed E-state index contributed by atoms with van der Waals surface area (Å²) in [7, 11) is 2.82. The van der Waals surface area contributed by atoms with E-state index in [1.54, 1.807) is 18.2 Å². The molecule has 154 valence electrons.